The molecule has 2 rings (SSSR count). The number of carboxylic acid groups (broad SMARTS) is 1. The Kier molecular flexibility index (Phi) is 5.27. The van der Waals surface area contributed by atoms with E-state index < -0.39 is 18.0 Å². The van der Waals surface area contributed by atoms with Crippen molar-refractivity contribution in [3.63, 3.8) is 0 Å². The second-order valence-electron chi connectivity index (χ2n) is 4.91. The number of hydrogen-bond donors (Lipinski definition) is 2. The zero-order valence-electron chi connectivity index (χ0n) is 11.9. The van der Waals surface area contributed by atoms with Gasteiger partial charge in [-0.1, -0.05) is 42.5 Å². The average Bonchev–Trinajstić information content (AvgIpc) is 2.54. The number of carboxylic acids is 1. The summed E-state index contributed by atoms with van der Waals surface area (Å²) < 4.78 is 5.17. The molecule has 0 spiro atoms. The van der Waals surface area contributed by atoms with E-state index in [-0.39, 0.29) is 12.2 Å². The van der Waals surface area contributed by atoms with Crippen LogP contribution in [0.5, 0.6) is 0 Å². The Balaban J connectivity index is 1.86. The normalized spacial score (nSPS) is 11.7. The fraction of sp³-hybridized carbons (Fsp3) is 0.176. The Morgan fingerprint density at radius 2 is 1.64 bits per heavy atom. The Labute approximate surface area is 128 Å². The highest BCUT2D eigenvalue weighted by molar-refractivity contribution is 5.87. The monoisotopic (exact) mass is 299 g/mol. The second-order valence-corrected chi connectivity index (χ2v) is 4.91. The zero-order chi connectivity index (χ0) is 15.9. The lowest BCUT2D eigenvalue weighted by Crippen LogP contribution is -2.34. The standard InChI is InChI=1S/C17H17NO4/c18-15(10-12-6-8-14(9-7-12)16(19)20)17(21)22-11-13-4-2-1-3-5-13/h1-9,15H,10-11,18H2,(H,19,20). The summed E-state index contributed by atoms with van der Waals surface area (Å²) >= 11 is 0. The molecule has 5 heteroatoms. The summed E-state index contributed by atoms with van der Waals surface area (Å²) in [6.07, 6.45) is 0.299. The third-order valence-electron chi connectivity index (χ3n) is 3.18. The second kappa shape index (κ2) is 7.38. The molecular formula is C17H17NO4. The van der Waals surface area contributed by atoms with Crippen LogP contribution in [0.2, 0.25) is 0 Å². The van der Waals surface area contributed by atoms with Crippen molar-refractivity contribution in [3.05, 3.63) is 71.3 Å². The summed E-state index contributed by atoms with van der Waals surface area (Å²) in [5.74, 6) is -1.47. The lowest BCUT2D eigenvalue weighted by molar-refractivity contribution is -0.146. The molecule has 0 fully saturated rings. The van der Waals surface area contributed by atoms with Gasteiger partial charge in [0, 0.05) is 0 Å². The van der Waals surface area contributed by atoms with E-state index in [1.165, 1.54) is 12.1 Å². The molecule has 114 valence electrons. The van der Waals surface area contributed by atoms with Crippen LogP contribution in [-0.4, -0.2) is 23.1 Å². The van der Waals surface area contributed by atoms with Crippen molar-refractivity contribution in [2.45, 2.75) is 19.1 Å². The van der Waals surface area contributed by atoms with Crippen LogP contribution in [0.25, 0.3) is 0 Å². The van der Waals surface area contributed by atoms with Crippen molar-refractivity contribution in [1.29, 1.82) is 0 Å². The summed E-state index contributed by atoms with van der Waals surface area (Å²) in [7, 11) is 0. The van der Waals surface area contributed by atoms with Crippen LogP contribution in [0.15, 0.2) is 54.6 Å². The Bertz CT molecular complexity index is 637. The van der Waals surface area contributed by atoms with Gasteiger partial charge in [0.05, 0.1) is 5.56 Å². The number of hydrogen-bond acceptors (Lipinski definition) is 4. The molecule has 1 atom stereocenters. The van der Waals surface area contributed by atoms with E-state index in [2.05, 4.69) is 0 Å². The average molecular weight is 299 g/mol. The quantitative estimate of drug-likeness (QED) is 0.796. The molecule has 0 radical (unpaired) electrons. The van der Waals surface area contributed by atoms with Crippen LogP contribution < -0.4 is 5.73 Å². The molecule has 2 aromatic rings. The highest BCUT2D eigenvalue weighted by Crippen LogP contribution is 2.08. The molecule has 0 aliphatic heterocycles. The topological polar surface area (TPSA) is 89.6 Å². The van der Waals surface area contributed by atoms with Crippen molar-refractivity contribution >= 4 is 11.9 Å². The summed E-state index contributed by atoms with van der Waals surface area (Å²) in [5.41, 5.74) is 7.70. The van der Waals surface area contributed by atoms with Crippen LogP contribution in [0.3, 0.4) is 0 Å². The van der Waals surface area contributed by atoms with Gasteiger partial charge in [0.25, 0.3) is 0 Å². The summed E-state index contributed by atoms with van der Waals surface area (Å²) in [6, 6.07) is 14.8. The van der Waals surface area contributed by atoms with Gasteiger partial charge in [-0.25, -0.2) is 4.79 Å². The first-order valence-electron chi connectivity index (χ1n) is 6.84. The Morgan fingerprint density at radius 3 is 2.23 bits per heavy atom. The largest absolute Gasteiger partial charge is 0.478 e. The minimum atomic E-state index is -0.988. The number of carbonyl (C=O) groups is 2. The van der Waals surface area contributed by atoms with Crippen molar-refractivity contribution < 1.29 is 19.4 Å². The van der Waals surface area contributed by atoms with E-state index >= 15 is 0 Å². The van der Waals surface area contributed by atoms with Gasteiger partial charge in [-0.05, 0) is 29.7 Å². The maximum Gasteiger partial charge on any atom is 0.335 e. The van der Waals surface area contributed by atoms with E-state index in [1.807, 2.05) is 30.3 Å². The SMILES string of the molecule is NC(Cc1ccc(C(=O)O)cc1)C(=O)OCc1ccccc1. The number of nitrogens with two attached hydrogens (primary N) is 1. The third-order valence-corrected chi connectivity index (χ3v) is 3.18. The molecule has 0 amide bonds. The van der Waals surface area contributed by atoms with E-state index in [0.717, 1.165) is 11.1 Å². The number of carbonyl (C=O) groups excluding carboxylic acids is 1. The van der Waals surface area contributed by atoms with Crippen LogP contribution in [0, 0.1) is 0 Å². The molecule has 1 unspecified atom stereocenters. The molecule has 0 aromatic heterocycles. The molecular weight excluding hydrogens is 282 g/mol. The van der Waals surface area contributed by atoms with Gasteiger partial charge in [-0.15, -0.1) is 0 Å². The van der Waals surface area contributed by atoms with Crippen LogP contribution in [0.4, 0.5) is 0 Å². The molecule has 5 nitrogen and oxygen atoms in total. The predicted octanol–water partition coefficient (Wildman–Crippen LogP) is 2.00. The molecule has 3 N–H and O–H groups in total. The summed E-state index contributed by atoms with van der Waals surface area (Å²) in [4.78, 5) is 22.6. The predicted molar refractivity (Wildman–Crippen MR) is 81.3 cm³/mol. The van der Waals surface area contributed by atoms with Gasteiger partial charge in [0.1, 0.15) is 12.6 Å². The van der Waals surface area contributed by atoms with Crippen LogP contribution in [0.1, 0.15) is 21.5 Å². The minimum absolute atomic E-state index is 0.186. The Hall–Kier alpha value is -2.66. The maximum atomic E-state index is 11.9. The zero-order valence-corrected chi connectivity index (χ0v) is 11.9. The third kappa shape index (κ3) is 4.43. The lowest BCUT2D eigenvalue weighted by Gasteiger charge is -2.12. The lowest BCUT2D eigenvalue weighted by atomic mass is 10.0. The molecule has 0 saturated carbocycles. The van der Waals surface area contributed by atoms with E-state index in [0.29, 0.717) is 6.42 Å². The van der Waals surface area contributed by atoms with Gasteiger partial charge in [0.15, 0.2) is 0 Å². The minimum Gasteiger partial charge on any atom is -0.478 e. The van der Waals surface area contributed by atoms with Gasteiger partial charge in [0.2, 0.25) is 0 Å². The fourth-order valence-corrected chi connectivity index (χ4v) is 1.96. The van der Waals surface area contributed by atoms with E-state index in [9.17, 15) is 9.59 Å². The molecule has 0 bridgehead atoms. The highest BCUT2D eigenvalue weighted by atomic mass is 16.5. The maximum absolute atomic E-state index is 11.9. The molecule has 0 aliphatic carbocycles. The molecule has 2 aromatic carbocycles. The van der Waals surface area contributed by atoms with Gasteiger partial charge >= 0.3 is 11.9 Å². The first kappa shape index (κ1) is 15.7. The molecule has 0 heterocycles. The molecule has 22 heavy (non-hydrogen) atoms. The molecule has 0 aliphatic rings. The van der Waals surface area contributed by atoms with Crippen LogP contribution >= 0.6 is 0 Å². The van der Waals surface area contributed by atoms with E-state index in [4.69, 9.17) is 15.6 Å². The molecule has 0 saturated heterocycles. The highest BCUT2D eigenvalue weighted by Gasteiger charge is 2.16. The number of ether oxygens (including phenoxy) is 1. The summed E-state index contributed by atoms with van der Waals surface area (Å²) in [6.45, 7) is 0.186. The van der Waals surface area contributed by atoms with Gasteiger partial charge in [-0.2, -0.15) is 0 Å². The fourth-order valence-electron chi connectivity index (χ4n) is 1.96. The Morgan fingerprint density at radius 1 is 1.00 bits per heavy atom. The number of benzene rings is 2. The van der Waals surface area contributed by atoms with Crippen molar-refractivity contribution in [2.75, 3.05) is 0 Å². The van der Waals surface area contributed by atoms with Crippen molar-refractivity contribution in [2.24, 2.45) is 5.73 Å². The number of esters is 1. The smallest absolute Gasteiger partial charge is 0.335 e. The van der Waals surface area contributed by atoms with E-state index in [1.54, 1.807) is 12.1 Å². The van der Waals surface area contributed by atoms with Gasteiger partial charge < -0.3 is 15.6 Å². The van der Waals surface area contributed by atoms with Crippen molar-refractivity contribution in [1.82, 2.24) is 0 Å². The van der Waals surface area contributed by atoms with Crippen molar-refractivity contribution in [3.8, 4) is 0 Å². The summed E-state index contributed by atoms with van der Waals surface area (Å²) in [5, 5.41) is 8.83. The van der Waals surface area contributed by atoms with Gasteiger partial charge in [-0.3, -0.25) is 4.79 Å². The first-order chi connectivity index (χ1) is 10.6. The number of aromatic carboxylic acids is 1. The van der Waals surface area contributed by atoms with Crippen LogP contribution in [-0.2, 0) is 22.6 Å². The number of rotatable bonds is 6. The first-order valence-corrected chi connectivity index (χ1v) is 6.84.